The highest BCUT2D eigenvalue weighted by atomic mass is 32.2. The molecule has 0 spiro atoms. The lowest BCUT2D eigenvalue weighted by Crippen LogP contribution is -2.52. The molecule has 1 saturated heterocycles. The molecule has 1 nitrogen and oxygen atoms in total. The number of rotatable bonds is 1. The fraction of sp³-hybridized carbons (Fsp3) is 1.00. The Bertz CT molecular complexity index is 191. The lowest BCUT2D eigenvalue weighted by molar-refractivity contribution is 0.262. The second-order valence-corrected chi connectivity index (χ2v) is 6.42. The molecule has 0 bridgehead atoms. The van der Waals surface area contributed by atoms with E-state index < -0.39 is 0 Å². The quantitative estimate of drug-likeness (QED) is 0.697. The highest BCUT2D eigenvalue weighted by Crippen LogP contribution is 2.45. The maximum Gasteiger partial charge on any atom is 0.0240 e. The van der Waals surface area contributed by atoms with Crippen LogP contribution in [0.25, 0.3) is 0 Å². The van der Waals surface area contributed by atoms with Crippen molar-refractivity contribution in [3.63, 3.8) is 0 Å². The van der Waals surface area contributed by atoms with Gasteiger partial charge in [-0.1, -0.05) is 20.8 Å². The lowest BCUT2D eigenvalue weighted by atomic mass is 9.86. The van der Waals surface area contributed by atoms with Gasteiger partial charge in [-0.05, 0) is 24.7 Å². The molecule has 2 fully saturated rings. The van der Waals surface area contributed by atoms with E-state index in [4.69, 9.17) is 0 Å². The van der Waals surface area contributed by atoms with Crippen LogP contribution in [0, 0.1) is 5.41 Å². The Kier molecular flexibility index (Phi) is 2.63. The third-order valence-corrected chi connectivity index (χ3v) is 5.24. The Balaban J connectivity index is 2.05. The van der Waals surface area contributed by atoms with Crippen molar-refractivity contribution in [1.82, 2.24) is 5.32 Å². The van der Waals surface area contributed by atoms with E-state index in [-0.39, 0.29) is 0 Å². The van der Waals surface area contributed by atoms with Crippen LogP contribution in [-0.2, 0) is 0 Å². The maximum atomic E-state index is 3.83. The van der Waals surface area contributed by atoms with Crippen molar-refractivity contribution in [2.75, 3.05) is 5.75 Å². The second-order valence-electron chi connectivity index (χ2n) is 5.15. The van der Waals surface area contributed by atoms with Gasteiger partial charge in [0, 0.05) is 23.1 Å². The van der Waals surface area contributed by atoms with E-state index >= 15 is 0 Å². The van der Waals surface area contributed by atoms with Crippen molar-refractivity contribution in [1.29, 1.82) is 0 Å². The molecule has 1 saturated carbocycles. The van der Waals surface area contributed by atoms with Gasteiger partial charge < -0.3 is 5.32 Å². The van der Waals surface area contributed by atoms with Gasteiger partial charge in [-0.25, -0.2) is 0 Å². The minimum absolute atomic E-state index is 0.533. The van der Waals surface area contributed by atoms with Crippen molar-refractivity contribution >= 4 is 11.8 Å². The molecule has 0 aromatic heterocycles. The Hall–Kier alpha value is 0.310. The average molecular weight is 199 g/mol. The van der Waals surface area contributed by atoms with Gasteiger partial charge in [-0.3, -0.25) is 0 Å². The summed E-state index contributed by atoms with van der Waals surface area (Å²) in [5.74, 6) is 1.33. The van der Waals surface area contributed by atoms with Crippen LogP contribution < -0.4 is 5.32 Å². The standard InChI is InChI=1S/C11H21NS/c1-4-8-7-13-9-5-6-11(2,3)10(9)12-8/h8-10,12H,4-7H2,1-3H3. The Morgan fingerprint density at radius 2 is 2.23 bits per heavy atom. The first-order valence-electron chi connectivity index (χ1n) is 5.51. The van der Waals surface area contributed by atoms with Crippen LogP contribution >= 0.6 is 11.8 Å². The van der Waals surface area contributed by atoms with Gasteiger partial charge in [-0.2, -0.15) is 11.8 Å². The van der Waals surface area contributed by atoms with Gasteiger partial charge in [0.15, 0.2) is 0 Å². The zero-order chi connectivity index (χ0) is 9.47. The molecule has 2 heteroatoms. The third kappa shape index (κ3) is 1.75. The minimum atomic E-state index is 0.533. The summed E-state index contributed by atoms with van der Waals surface area (Å²) in [6.07, 6.45) is 4.11. The number of nitrogens with one attached hydrogen (secondary N) is 1. The molecule has 3 unspecified atom stereocenters. The molecule has 1 aliphatic carbocycles. The molecule has 0 radical (unpaired) electrons. The van der Waals surface area contributed by atoms with Crippen molar-refractivity contribution in [3.05, 3.63) is 0 Å². The van der Waals surface area contributed by atoms with Crippen molar-refractivity contribution in [3.8, 4) is 0 Å². The van der Waals surface area contributed by atoms with E-state index in [9.17, 15) is 0 Å². The highest BCUT2D eigenvalue weighted by Gasteiger charge is 2.44. The average Bonchev–Trinajstić information content (AvgIpc) is 2.42. The summed E-state index contributed by atoms with van der Waals surface area (Å²) in [6.45, 7) is 7.13. The molecule has 1 aliphatic heterocycles. The highest BCUT2D eigenvalue weighted by molar-refractivity contribution is 8.00. The van der Waals surface area contributed by atoms with Crippen molar-refractivity contribution in [2.45, 2.75) is 57.4 Å². The first-order chi connectivity index (χ1) is 6.13. The van der Waals surface area contributed by atoms with Crippen LogP contribution in [0.15, 0.2) is 0 Å². The summed E-state index contributed by atoms with van der Waals surface area (Å²) >= 11 is 2.21. The Morgan fingerprint density at radius 1 is 1.46 bits per heavy atom. The largest absolute Gasteiger partial charge is 0.309 e. The molecule has 76 valence electrons. The molecular weight excluding hydrogens is 178 g/mol. The molecule has 2 aliphatic rings. The summed E-state index contributed by atoms with van der Waals surface area (Å²) in [5, 5.41) is 4.74. The molecule has 0 amide bonds. The zero-order valence-electron chi connectivity index (χ0n) is 8.97. The van der Waals surface area contributed by atoms with E-state index in [0.29, 0.717) is 5.41 Å². The van der Waals surface area contributed by atoms with E-state index in [0.717, 1.165) is 17.3 Å². The van der Waals surface area contributed by atoms with E-state index in [1.165, 1.54) is 25.0 Å². The van der Waals surface area contributed by atoms with Crippen LogP contribution in [0.5, 0.6) is 0 Å². The van der Waals surface area contributed by atoms with Gasteiger partial charge in [0.25, 0.3) is 0 Å². The van der Waals surface area contributed by atoms with Gasteiger partial charge in [0.2, 0.25) is 0 Å². The number of hydrogen-bond donors (Lipinski definition) is 1. The zero-order valence-corrected chi connectivity index (χ0v) is 9.79. The molecular formula is C11H21NS. The number of thioether (sulfide) groups is 1. The molecule has 3 atom stereocenters. The fourth-order valence-electron chi connectivity index (χ4n) is 2.63. The normalized spacial score (nSPS) is 43.2. The van der Waals surface area contributed by atoms with Gasteiger partial charge >= 0.3 is 0 Å². The summed E-state index contributed by atoms with van der Waals surface area (Å²) in [4.78, 5) is 0. The molecule has 1 heterocycles. The number of hydrogen-bond acceptors (Lipinski definition) is 2. The van der Waals surface area contributed by atoms with Crippen molar-refractivity contribution in [2.24, 2.45) is 5.41 Å². The third-order valence-electron chi connectivity index (χ3n) is 3.71. The molecule has 13 heavy (non-hydrogen) atoms. The second kappa shape index (κ2) is 3.47. The molecule has 2 rings (SSSR count). The fourth-order valence-corrected chi connectivity index (χ4v) is 4.36. The topological polar surface area (TPSA) is 12.0 Å². The SMILES string of the molecule is CCC1CSC2CCC(C)(C)C2N1. The van der Waals surface area contributed by atoms with E-state index in [1.54, 1.807) is 0 Å². The maximum absolute atomic E-state index is 3.83. The molecule has 1 N–H and O–H groups in total. The van der Waals surface area contributed by atoms with Gasteiger partial charge in [0.1, 0.15) is 0 Å². The summed E-state index contributed by atoms with van der Waals surface area (Å²) < 4.78 is 0. The molecule has 0 aromatic rings. The monoisotopic (exact) mass is 199 g/mol. The Labute approximate surface area is 86.0 Å². The van der Waals surface area contributed by atoms with Gasteiger partial charge in [0.05, 0.1) is 0 Å². The first-order valence-corrected chi connectivity index (χ1v) is 6.56. The minimum Gasteiger partial charge on any atom is -0.309 e. The predicted molar refractivity (Wildman–Crippen MR) is 60.3 cm³/mol. The summed E-state index contributed by atoms with van der Waals surface area (Å²) in [7, 11) is 0. The number of fused-ring (bicyclic) bond motifs is 1. The van der Waals surface area contributed by atoms with Crippen LogP contribution in [0.4, 0.5) is 0 Å². The van der Waals surface area contributed by atoms with E-state index in [2.05, 4.69) is 37.8 Å². The smallest absolute Gasteiger partial charge is 0.0240 e. The Morgan fingerprint density at radius 3 is 2.92 bits per heavy atom. The van der Waals surface area contributed by atoms with E-state index in [1.807, 2.05) is 0 Å². The van der Waals surface area contributed by atoms with Crippen LogP contribution in [0.1, 0.15) is 40.0 Å². The lowest BCUT2D eigenvalue weighted by Gasteiger charge is -2.39. The summed E-state index contributed by atoms with van der Waals surface area (Å²) in [6, 6.07) is 1.54. The first kappa shape index (κ1) is 9.85. The van der Waals surface area contributed by atoms with Gasteiger partial charge in [-0.15, -0.1) is 0 Å². The van der Waals surface area contributed by atoms with Crippen LogP contribution in [-0.4, -0.2) is 23.1 Å². The summed E-state index contributed by atoms with van der Waals surface area (Å²) in [5.41, 5.74) is 0.533. The predicted octanol–water partition coefficient (Wildman–Crippen LogP) is 2.66. The molecule has 0 aromatic carbocycles. The van der Waals surface area contributed by atoms with Crippen LogP contribution in [0.2, 0.25) is 0 Å². The van der Waals surface area contributed by atoms with Crippen molar-refractivity contribution < 1.29 is 0 Å². The van der Waals surface area contributed by atoms with Crippen LogP contribution in [0.3, 0.4) is 0 Å².